The SMILES string of the molecule is Cc1ccc(S(=O)(=O)N2CCC[C@@H](c3nc(-c4cccc(C(F)(F)F)c4)no3)C2)cc1. The third kappa shape index (κ3) is 4.49. The number of piperidine rings is 1. The molecule has 0 spiro atoms. The van der Waals surface area contributed by atoms with Gasteiger partial charge in [-0.25, -0.2) is 8.42 Å². The van der Waals surface area contributed by atoms with Gasteiger partial charge >= 0.3 is 6.18 Å². The second kappa shape index (κ2) is 8.08. The van der Waals surface area contributed by atoms with E-state index < -0.39 is 21.8 Å². The Morgan fingerprint density at radius 3 is 2.58 bits per heavy atom. The minimum atomic E-state index is -4.48. The minimum absolute atomic E-state index is 0.0413. The summed E-state index contributed by atoms with van der Waals surface area (Å²) in [5, 5.41) is 3.82. The maximum atomic E-state index is 13.0. The zero-order valence-corrected chi connectivity index (χ0v) is 17.4. The van der Waals surface area contributed by atoms with E-state index in [1.807, 2.05) is 6.92 Å². The number of hydrogen-bond donors (Lipinski definition) is 0. The Hall–Kier alpha value is -2.72. The fraction of sp³-hybridized carbons (Fsp3) is 0.333. The first kappa shape index (κ1) is 21.5. The molecule has 0 N–H and O–H groups in total. The van der Waals surface area contributed by atoms with Crippen LogP contribution in [0.25, 0.3) is 11.4 Å². The molecular formula is C21H20F3N3O3S. The van der Waals surface area contributed by atoms with Crippen molar-refractivity contribution in [2.45, 2.75) is 36.8 Å². The number of aryl methyl sites for hydroxylation is 1. The maximum absolute atomic E-state index is 13.0. The van der Waals surface area contributed by atoms with E-state index in [4.69, 9.17) is 4.52 Å². The molecule has 4 rings (SSSR count). The predicted octanol–water partition coefficient (Wildman–Crippen LogP) is 4.63. The molecule has 1 fully saturated rings. The molecule has 10 heteroatoms. The lowest BCUT2D eigenvalue weighted by Gasteiger charge is -2.30. The zero-order valence-electron chi connectivity index (χ0n) is 16.6. The number of halogens is 3. The van der Waals surface area contributed by atoms with Gasteiger partial charge in [0, 0.05) is 18.7 Å². The van der Waals surface area contributed by atoms with Crippen molar-refractivity contribution in [1.82, 2.24) is 14.4 Å². The molecule has 0 amide bonds. The Morgan fingerprint density at radius 1 is 1.13 bits per heavy atom. The van der Waals surface area contributed by atoms with Crippen LogP contribution >= 0.6 is 0 Å². The summed E-state index contributed by atoms with van der Waals surface area (Å²) in [4.78, 5) is 4.48. The fourth-order valence-electron chi connectivity index (χ4n) is 3.57. The van der Waals surface area contributed by atoms with E-state index in [1.54, 1.807) is 24.3 Å². The van der Waals surface area contributed by atoms with Crippen molar-refractivity contribution >= 4 is 10.0 Å². The number of benzene rings is 2. The second-order valence-corrected chi connectivity index (χ2v) is 9.49. The summed E-state index contributed by atoms with van der Waals surface area (Å²) in [5.74, 6) is -0.0724. The zero-order chi connectivity index (χ0) is 22.2. The molecule has 2 heterocycles. The highest BCUT2D eigenvalue weighted by Gasteiger charge is 2.34. The molecule has 2 aromatic carbocycles. The molecule has 6 nitrogen and oxygen atoms in total. The predicted molar refractivity (Wildman–Crippen MR) is 107 cm³/mol. The number of alkyl halides is 3. The summed E-state index contributed by atoms with van der Waals surface area (Å²) in [6.45, 7) is 2.42. The molecule has 3 aromatic rings. The third-order valence-electron chi connectivity index (χ3n) is 5.28. The Labute approximate surface area is 177 Å². The normalized spacial score (nSPS) is 18.3. The molecule has 31 heavy (non-hydrogen) atoms. The summed E-state index contributed by atoms with van der Waals surface area (Å²) >= 11 is 0. The third-order valence-corrected chi connectivity index (χ3v) is 7.16. The number of rotatable bonds is 4. The molecular weight excluding hydrogens is 431 g/mol. The highest BCUT2D eigenvalue weighted by molar-refractivity contribution is 7.89. The number of hydrogen-bond acceptors (Lipinski definition) is 5. The van der Waals surface area contributed by atoms with Gasteiger partial charge in [0.1, 0.15) is 0 Å². The van der Waals surface area contributed by atoms with Crippen molar-refractivity contribution < 1.29 is 26.1 Å². The Balaban J connectivity index is 1.55. The van der Waals surface area contributed by atoms with Gasteiger partial charge in [-0.15, -0.1) is 0 Å². The van der Waals surface area contributed by atoms with E-state index >= 15 is 0 Å². The molecule has 0 radical (unpaired) electrons. The van der Waals surface area contributed by atoms with Gasteiger partial charge in [-0.2, -0.15) is 22.5 Å². The van der Waals surface area contributed by atoms with Crippen molar-refractivity contribution in [1.29, 1.82) is 0 Å². The average Bonchev–Trinajstić information content (AvgIpc) is 3.24. The van der Waals surface area contributed by atoms with Gasteiger partial charge in [0.05, 0.1) is 16.4 Å². The molecule has 0 saturated carbocycles. The molecule has 0 bridgehead atoms. The number of aromatic nitrogens is 2. The van der Waals surface area contributed by atoms with Gasteiger partial charge in [-0.05, 0) is 44.0 Å². The lowest BCUT2D eigenvalue weighted by molar-refractivity contribution is -0.137. The molecule has 1 aliphatic rings. The van der Waals surface area contributed by atoms with Crippen LogP contribution in [0.4, 0.5) is 13.2 Å². The Kier molecular flexibility index (Phi) is 5.61. The van der Waals surface area contributed by atoms with Crippen LogP contribution in [0, 0.1) is 6.92 Å². The lowest BCUT2D eigenvalue weighted by Crippen LogP contribution is -2.39. The molecule has 0 unspecified atom stereocenters. The Morgan fingerprint density at radius 2 is 1.87 bits per heavy atom. The standard InChI is InChI=1S/C21H20F3N3O3S/c1-14-7-9-18(10-8-14)31(28,29)27-11-3-5-16(13-27)20-25-19(26-30-20)15-4-2-6-17(12-15)21(22,23)24/h2,4,6-10,12,16H,3,5,11,13H2,1H3/t16-/m1/s1. The van der Waals surface area contributed by atoms with Gasteiger partial charge < -0.3 is 4.52 Å². The van der Waals surface area contributed by atoms with Crippen molar-refractivity contribution in [2.24, 2.45) is 0 Å². The first-order valence-corrected chi connectivity index (χ1v) is 11.2. The van der Waals surface area contributed by atoms with E-state index in [1.165, 1.54) is 16.4 Å². The smallest absolute Gasteiger partial charge is 0.339 e. The molecule has 1 aliphatic heterocycles. The number of nitrogens with zero attached hydrogens (tertiary/aromatic N) is 3. The van der Waals surface area contributed by atoms with Gasteiger partial charge in [-0.3, -0.25) is 0 Å². The van der Waals surface area contributed by atoms with Crippen molar-refractivity contribution in [3.8, 4) is 11.4 Å². The van der Waals surface area contributed by atoms with Gasteiger partial charge in [0.15, 0.2) is 0 Å². The average molecular weight is 451 g/mol. The largest absolute Gasteiger partial charge is 0.416 e. The molecule has 1 atom stereocenters. The van der Waals surface area contributed by atoms with E-state index in [0.717, 1.165) is 17.7 Å². The molecule has 1 saturated heterocycles. The van der Waals surface area contributed by atoms with Crippen molar-refractivity contribution in [3.63, 3.8) is 0 Å². The summed E-state index contributed by atoms with van der Waals surface area (Å²) < 4.78 is 71.6. The van der Waals surface area contributed by atoms with Gasteiger partial charge in [-0.1, -0.05) is 35.0 Å². The number of sulfonamides is 1. The van der Waals surface area contributed by atoms with Crippen LogP contribution in [0.1, 0.15) is 35.8 Å². The van der Waals surface area contributed by atoms with Crippen molar-refractivity contribution in [3.05, 3.63) is 65.5 Å². The molecule has 1 aromatic heterocycles. The van der Waals surface area contributed by atoms with Gasteiger partial charge in [0.2, 0.25) is 21.7 Å². The van der Waals surface area contributed by atoms with Crippen LogP contribution < -0.4 is 0 Å². The monoisotopic (exact) mass is 451 g/mol. The van der Waals surface area contributed by atoms with Crippen LogP contribution in [0.15, 0.2) is 57.9 Å². The van der Waals surface area contributed by atoms with Crippen LogP contribution in [-0.2, 0) is 16.2 Å². The summed E-state index contributed by atoms with van der Waals surface area (Å²) in [6.07, 6.45) is -3.22. The Bertz CT molecular complexity index is 1170. The van der Waals surface area contributed by atoms with E-state index in [0.29, 0.717) is 19.4 Å². The van der Waals surface area contributed by atoms with E-state index in [9.17, 15) is 21.6 Å². The van der Waals surface area contributed by atoms with Crippen LogP contribution in [0.3, 0.4) is 0 Å². The first-order chi connectivity index (χ1) is 14.6. The van der Waals surface area contributed by atoms with Gasteiger partial charge in [0.25, 0.3) is 0 Å². The maximum Gasteiger partial charge on any atom is 0.416 e. The van der Waals surface area contributed by atoms with Crippen LogP contribution in [0.2, 0.25) is 0 Å². The van der Waals surface area contributed by atoms with Crippen LogP contribution in [-0.4, -0.2) is 36.0 Å². The summed E-state index contributed by atoms with van der Waals surface area (Å²) in [5.41, 5.74) is 0.345. The van der Waals surface area contributed by atoms with E-state index in [2.05, 4.69) is 10.1 Å². The fourth-order valence-corrected chi connectivity index (χ4v) is 5.10. The topological polar surface area (TPSA) is 76.3 Å². The first-order valence-electron chi connectivity index (χ1n) is 9.72. The highest BCUT2D eigenvalue weighted by Crippen LogP contribution is 2.33. The van der Waals surface area contributed by atoms with Crippen LogP contribution in [0.5, 0.6) is 0 Å². The molecule has 0 aliphatic carbocycles. The van der Waals surface area contributed by atoms with Crippen molar-refractivity contribution in [2.75, 3.05) is 13.1 Å². The summed E-state index contributed by atoms with van der Waals surface area (Å²) in [7, 11) is -3.67. The summed E-state index contributed by atoms with van der Waals surface area (Å²) in [6, 6.07) is 11.3. The minimum Gasteiger partial charge on any atom is -0.339 e. The quantitative estimate of drug-likeness (QED) is 0.578. The highest BCUT2D eigenvalue weighted by atomic mass is 32.2. The lowest BCUT2D eigenvalue weighted by atomic mass is 10.00. The van der Waals surface area contributed by atoms with E-state index in [-0.39, 0.29) is 34.6 Å². The second-order valence-electron chi connectivity index (χ2n) is 7.55. The molecule has 164 valence electrons.